The Morgan fingerprint density at radius 1 is 1.04 bits per heavy atom. The Morgan fingerprint density at radius 2 is 1.83 bits per heavy atom. The Hall–Kier alpha value is -2.30. The van der Waals surface area contributed by atoms with E-state index in [0.29, 0.717) is 0 Å². The monoisotopic (exact) mass is 338 g/mol. The predicted molar refractivity (Wildman–Crippen MR) is 95.8 cm³/mol. The van der Waals surface area contributed by atoms with E-state index in [-0.39, 0.29) is 24.4 Å². The number of benzene rings is 2. The number of fused-ring (bicyclic) bond motifs is 1. The molecule has 0 fully saturated rings. The maximum atomic E-state index is 9.94. The molecule has 0 saturated carbocycles. The molecule has 3 aromatic rings. The van der Waals surface area contributed by atoms with Gasteiger partial charge >= 0.3 is 0 Å². The molecular formula is C20H18O3S. The normalized spacial score (nSPS) is 19.1. The highest BCUT2D eigenvalue weighted by atomic mass is 32.1. The lowest BCUT2D eigenvalue weighted by atomic mass is 9.91. The van der Waals surface area contributed by atoms with Crippen LogP contribution in [0.2, 0.25) is 0 Å². The summed E-state index contributed by atoms with van der Waals surface area (Å²) in [5.74, 6) is 0.944. The van der Waals surface area contributed by atoms with Crippen molar-refractivity contribution in [1.82, 2.24) is 0 Å². The summed E-state index contributed by atoms with van der Waals surface area (Å²) < 4.78 is 6.09. The smallest absolute Gasteiger partial charge is 0.133 e. The third kappa shape index (κ3) is 2.58. The number of aliphatic hydroxyl groups excluding tert-OH is 1. The number of rotatable bonds is 3. The molecule has 2 aromatic carbocycles. The first-order valence-corrected chi connectivity index (χ1v) is 8.74. The summed E-state index contributed by atoms with van der Waals surface area (Å²) in [6, 6.07) is 17.4. The third-order valence-electron chi connectivity index (χ3n) is 4.47. The van der Waals surface area contributed by atoms with Crippen LogP contribution in [0.5, 0.6) is 11.5 Å². The maximum Gasteiger partial charge on any atom is 0.133 e. The Morgan fingerprint density at radius 3 is 2.50 bits per heavy atom. The van der Waals surface area contributed by atoms with Gasteiger partial charge in [-0.15, -0.1) is 11.3 Å². The second kappa shape index (κ2) is 5.96. The Balaban J connectivity index is 1.71. The predicted octanol–water partition coefficient (Wildman–Crippen LogP) is 4.64. The maximum absolute atomic E-state index is 9.94. The Labute approximate surface area is 144 Å². The van der Waals surface area contributed by atoms with E-state index in [1.807, 2.05) is 18.2 Å². The average molecular weight is 338 g/mol. The van der Waals surface area contributed by atoms with Crippen molar-refractivity contribution >= 4 is 11.3 Å². The van der Waals surface area contributed by atoms with Crippen molar-refractivity contribution in [3.8, 4) is 21.9 Å². The molecule has 0 unspecified atom stereocenters. The third-order valence-corrected chi connectivity index (χ3v) is 5.52. The van der Waals surface area contributed by atoms with E-state index in [0.717, 1.165) is 22.4 Å². The highest BCUT2D eigenvalue weighted by Gasteiger charge is 2.35. The van der Waals surface area contributed by atoms with Gasteiger partial charge in [-0.3, -0.25) is 0 Å². The van der Waals surface area contributed by atoms with E-state index >= 15 is 0 Å². The van der Waals surface area contributed by atoms with Gasteiger partial charge in [-0.1, -0.05) is 12.1 Å². The molecule has 2 atom stereocenters. The zero-order chi connectivity index (χ0) is 16.7. The SMILES string of the molecule is Cc1ccc(-c2ccc3c(c2)[C@H](CO)[C@@H](c2ccc(O)cc2)O3)s1. The number of thiophene rings is 1. The molecule has 0 saturated heterocycles. The fourth-order valence-corrected chi connectivity index (χ4v) is 4.09. The topological polar surface area (TPSA) is 49.7 Å². The summed E-state index contributed by atoms with van der Waals surface area (Å²) in [5, 5.41) is 19.4. The summed E-state index contributed by atoms with van der Waals surface area (Å²) in [6.45, 7) is 2.12. The van der Waals surface area contributed by atoms with Gasteiger partial charge in [0.15, 0.2) is 0 Å². The number of aromatic hydroxyl groups is 1. The molecule has 122 valence electrons. The molecule has 2 N–H and O–H groups in total. The van der Waals surface area contributed by atoms with E-state index in [9.17, 15) is 10.2 Å². The lowest BCUT2D eigenvalue weighted by molar-refractivity contribution is 0.160. The van der Waals surface area contributed by atoms with Crippen LogP contribution < -0.4 is 4.74 Å². The van der Waals surface area contributed by atoms with Crippen LogP contribution in [-0.4, -0.2) is 16.8 Å². The first-order chi connectivity index (χ1) is 11.7. The number of ether oxygens (including phenoxy) is 1. The number of phenolic OH excluding ortho intramolecular Hbond substituents is 1. The molecule has 3 nitrogen and oxygen atoms in total. The van der Waals surface area contributed by atoms with Gasteiger partial charge < -0.3 is 14.9 Å². The molecule has 2 heterocycles. The van der Waals surface area contributed by atoms with Crippen LogP contribution in [0.4, 0.5) is 0 Å². The fraction of sp³-hybridized carbons (Fsp3) is 0.200. The molecule has 1 aliphatic heterocycles. The largest absolute Gasteiger partial charge is 0.508 e. The van der Waals surface area contributed by atoms with Crippen molar-refractivity contribution < 1.29 is 14.9 Å². The van der Waals surface area contributed by atoms with Gasteiger partial charge in [0.25, 0.3) is 0 Å². The number of hydrogen-bond acceptors (Lipinski definition) is 4. The standard InChI is InChI=1S/C20H18O3S/c1-12-2-9-19(24-12)14-5-8-18-16(10-14)17(11-21)20(23-18)13-3-6-15(22)7-4-13/h2-10,17,20-22H,11H2,1H3/t17-,20+/m0/s1. The molecule has 0 amide bonds. The lowest BCUT2D eigenvalue weighted by Gasteiger charge is -2.17. The Kier molecular flexibility index (Phi) is 3.79. The lowest BCUT2D eigenvalue weighted by Crippen LogP contribution is -2.13. The van der Waals surface area contributed by atoms with Crippen molar-refractivity contribution in [2.24, 2.45) is 0 Å². The molecular weight excluding hydrogens is 320 g/mol. The van der Waals surface area contributed by atoms with Gasteiger partial charge in [0.05, 0.1) is 12.5 Å². The second-order valence-electron chi connectivity index (χ2n) is 6.08. The van der Waals surface area contributed by atoms with E-state index < -0.39 is 0 Å². The van der Waals surface area contributed by atoms with E-state index in [2.05, 4.69) is 31.2 Å². The summed E-state index contributed by atoms with van der Waals surface area (Å²) in [7, 11) is 0. The highest BCUT2D eigenvalue weighted by molar-refractivity contribution is 7.15. The van der Waals surface area contributed by atoms with Gasteiger partial charge in [0.2, 0.25) is 0 Å². The van der Waals surface area contributed by atoms with Crippen molar-refractivity contribution in [2.45, 2.75) is 18.9 Å². The van der Waals surface area contributed by atoms with E-state index in [4.69, 9.17) is 4.74 Å². The van der Waals surface area contributed by atoms with Crippen LogP contribution in [0.25, 0.3) is 10.4 Å². The molecule has 4 heteroatoms. The molecule has 0 bridgehead atoms. The highest BCUT2D eigenvalue weighted by Crippen LogP contribution is 2.47. The molecule has 4 rings (SSSR count). The molecule has 0 radical (unpaired) electrons. The van der Waals surface area contributed by atoms with Crippen LogP contribution in [0.1, 0.15) is 28.0 Å². The van der Waals surface area contributed by atoms with Gasteiger partial charge in [-0.05, 0) is 60.5 Å². The number of phenols is 1. The van der Waals surface area contributed by atoms with Crippen LogP contribution in [-0.2, 0) is 0 Å². The summed E-state index contributed by atoms with van der Waals surface area (Å²) in [5.41, 5.74) is 3.15. The van der Waals surface area contributed by atoms with Gasteiger partial charge in [-0.25, -0.2) is 0 Å². The molecule has 24 heavy (non-hydrogen) atoms. The van der Waals surface area contributed by atoms with Crippen LogP contribution in [0.15, 0.2) is 54.6 Å². The van der Waals surface area contributed by atoms with E-state index in [1.54, 1.807) is 23.5 Å². The molecule has 0 aliphatic carbocycles. The van der Waals surface area contributed by atoms with Crippen LogP contribution in [0.3, 0.4) is 0 Å². The minimum atomic E-state index is -0.231. The zero-order valence-electron chi connectivity index (χ0n) is 13.3. The number of aliphatic hydroxyl groups is 1. The molecule has 1 aliphatic rings. The van der Waals surface area contributed by atoms with Crippen molar-refractivity contribution in [3.63, 3.8) is 0 Å². The molecule has 0 spiro atoms. The van der Waals surface area contributed by atoms with Crippen LogP contribution >= 0.6 is 11.3 Å². The quantitative estimate of drug-likeness (QED) is 0.731. The van der Waals surface area contributed by atoms with Gasteiger partial charge in [0.1, 0.15) is 17.6 Å². The summed E-state index contributed by atoms with van der Waals surface area (Å²) >= 11 is 1.76. The van der Waals surface area contributed by atoms with Crippen molar-refractivity contribution in [2.75, 3.05) is 6.61 Å². The fourth-order valence-electron chi connectivity index (χ4n) is 3.23. The minimum Gasteiger partial charge on any atom is -0.508 e. The van der Waals surface area contributed by atoms with Crippen molar-refractivity contribution in [1.29, 1.82) is 0 Å². The van der Waals surface area contributed by atoms with Crippen molar-refractivity contribution in [3.05, 3.63) is 70.6 Å². The Bertz CT molecular complexity index is 867. The van der Waals surface area contributed by atoms with Crippen LogP contribution in [0, 0.1) is 6.92 Å². The van der Waals surface area contributed by atoms with E-state index in [1.165, 1.54) is 9.75 Å². The minimum absolute atomic E-state index is 0.0193. The number of hydrogen-bond donors (Lipinski definition) is 2. The summed E-state index contributed by atoms with van der Waals surface area (Å²) in [6.07, 6.45) is -0.231. The average Bonchev–Trinajstić information content (AvgIpc) is 3.18. The first kappa shape index (κ1) is 15.2. The second-order valence-corrected chi connectivity index (χ2v) is 7.37. The van der Waals surface area contributed by atoms with Gasteiger partial charge in [0, 0.05) is 15.3 Å². The zero-order valence-corrected chi connectivity index (χ0v) is 14.1. The molecule has 1 aromatic heterocycles. The first-order valence-electron chi connectivity index (χ1n) is 7.93. The summed E-state index contributed by atoms with van der Waals surface area (Å²) in [4.78, 5) is 2.50. The number of aryl methyl sites for hydroxylation is 1. The van der Waals surface area contributed by atoms with Gasteiger partial charge in [-0.2, -0.15) is 0 Å².